The van der Waals surface area contributed by atoms with Crippen molar-refractivity contribution in [2.45, 2.75) is 96.4 Å². The van der Waals surface area contributed by atoms with Crippen LogP contribution in [0.2, 0.25) is 0 Å². The van der Waals surface area contributed by atoms with Gasteiger partial charge in [-0.15, -0.1) is 0 Å². The van der Waals surface area contributed by atoms with Crippen LogP contribution in [0.4, 0.5) is 0 Å². The number of rotatable bonds is 17. The highest BCUT2D eigenvalue weighted by atomic mass is 16.4. The van der Waals surface area contributed by atoms with Gasteiger partial charge in [-0.1, -0.05) is 58.3 Å². The van der Waals surface area contributed by atoms with Gasteiger partial charge in [0, 0.05) is 19.4 Å². The van der Waals surface area contributed by atoms with Crippen LogP contribution in [0.15, 0.2) is 0 Å². The van der Waals surface area contributed by atoms with Gasteiger partial charge in [0.2, 0.25) is 5.91 Å². The van der Waals surface area contributed by atoms with E-state index in [1.165, 1.54) is 44.9 Å². The van der Waals surface area contributed by atoms with Gasteiger partial charge in [-0.05, 0) is 19.3 Å². The highest BCUT2D eigenvalue weighted by Crippen LogP contribution is 2.12. The van der Waals surface area contributed by atoms with Crippen LogP contribution >= 0.6 is 0 Å². The van der Waals surface area contributed by atoms with E-state index in [0.717, 1.165) is 25.7 Å². The molecule has 0 unspecified atom stereocenters. The van der Waals surface area contributed by atoms with Crippen LogP contribution in [-0.2, 0) is 9.59 Å². The number of carbonyl (C=O) groups is 2. The summed E-state index contributed by atoms with van der Waals surface area (Å²) < 4.78 is 0.431. The van der Waals surface area contributed by atoms with E-state index in [2.05, 4.69) is 12.2 Å². The molecule has 0 fully saturated rings. The van der Waals surface area contributed by atoms with Crippen molar-refractivity contribution in [2.24, 2.45) is 0 Å². The normalized spacial score (nSPS) is 12.8. The predicted molar refractivity (Wildman–Crippen MR) is 108 cm³/mol. The number of aliphatic carboxylic acids is 1. The van der Waals surface area contributed by atoms with E-state index in [1.807, 2.05) is 21.1 Å². The van der Waals surface area contributed by atoms with Crippen molar-refractivity contribution in [1.82, 2.24) is 5.32 Å². The third-order valence-corrected chi connectivity index (χ3v) is 4.95. The minimum atomic E-state index is -0.744. The Morgan fingerprint density at radius 1 is 0.846 bits per heavy atom. The molecule has 154 valence electrons. The van der Waals surface area contributed by atoms with Gasteiger partial charge in [-0.25, -0.2) is 4.79 Å². The van der Waals surface area contributed by atoms with Crippen molar-refractivity contribution in [3.63, 3.8) is 0 Å². The minimum Gasteiger partial charge on any atom is -0.477 e. The fourth-order valence-corrected chi connectivity index (χ4v) is 3.22. The lowest BCUT2D eigenvalue weighted by atomic mass is 10.1. The monoisotopic (exact) mass is 371 g/mol. The summed E-state index contributed by atoms with van der Waals surface area (Å²) in [6, 6.07) is -0.382. The number of nitrogens with zero attached hydrogens (tertiary/aromatic N) is 1. The topological polar surface area (TPSA) is 66.4 Å². The average Bonchev–Trinajstić information content (AvgIpc) is 2.54. The number of unbranched alkanes of at least 4 members (excludes halogenated alkanes) is 9. The van der Waals surface area contributed by atoms with Crippen LogP contribution in [0.3, 0.4) is 0 Å². The molecule has 0 heterocycles. The molecule has 0 aliphatic heterocycles. The lowest BCUT2D eigenvalue weighted by Crippen LogP contribution is -2.49. The molecule has 0 saturated carbocycles. The van der Waals surface area contributed by atoms with Crippen molar-refractivity contribution < 1.29 is 19.2 Å². The van der Waals surface area contributed by atoms with Gasteiger partial charge in [0.25, 0.3) is 0 Å². The number of hydrogen-bond acceptors (Lipinski definition) is 2. The molecule has 0 aliphatic carbocycles. The molecular formula is C21H43N2O3+. The second-order valence-electron chi connectivity index (χ2n) is 8.39. The SMILES string of the molecule is CCCCCCCCCCCC(=O)NCCCC[C@@H](C(=O)O)[N+](C)(C)C. The van der Waals surface area contributed by atoms with E-state index in [1.54, 1.807) is 0 Å². The number of carbonyl (C=O) groups excluding carboxylic acids is 1. The molecule has 0 saturated heterocycles. The maximum Gasteiger partial charge on any atom is 0.362 e. The first-order chi connectivity index (χ1) is 12.3. The summed E-state index contributed by atoms with van der Waals surface area (Å²) >= 11 is 0. The molecule has 0 aromatic carbocycles. The van der Waals surface area contributed by atoms with Crippen molar-refractivity contribution >= 4 is 11.9 Å². The van der Waals surface area contributed by atoms with Crippen molar-refractivity contribution in [3.05, 3.63) is 0 Å². The molecule has 2 N–H and O–H groups in total. The average molecular weight is 372 g/mol. The van der Waals surface area contributed by atoms with Gasteiger partial charge in [-0.2, -0.15) is 0 Å². The van der Waals surface area contributed by atoms with Crippen molar-refractivity contribution in [1.29, 1.82) is 0 Å². The summed E-state index contributed by atoms with van der Waals surface area (Å²) in [5.41, 5.74) is 0. The number of carboxylic acid groups (broad SMARTS) is 1. The Hall–Kier alpha value is -1.10. The largest absolute Gasteiger partial charge is 0.477 e. The van der Waals surface area contributed by atoms with Crippen LogP contribution in [-0.4, -0.2) is 55.2 Å². The minimum absolute atomic E-state index is 0.134. The summed E-state index contributed by atoms with van der Waals surface area (Å²) in [4.78, 5) is 23.1. The van der Waals surface area contributed by atoms with Gasteiger partial charge < -0.3 is 14.9 Å². The molecular weight excluding hydrogens is 328 g/mol. The van der Waals surface area contributed by atoms with Crippen LogP contribution in [0.1, 0.15) is 90.4 Å². The molecule has 0 bridgehead atoms. The van der Waals surface area contributed by atoms with Gasteiger partial charge in [0.15, 0.2) is 6.04 Å². The van der Waals surface area contributed by atoms with Crippen LogP contribution in [0, 0.1) is 0 Å². The smallest absolute Gasteiger partial charge is 0.362 e. The molecule has 0 aromatic heterocycles. The molecule has 1 atom stereocenters. The Morgan fingerprint density at radius 3 is 1.88 bits per heavy atom. The van der Waals surface area contributed by atoms with E-state index in [4.69, 9.17) is 0 Å². The van der Waals surface area contributed by atoms with E-state index in [9.17, 15) is 14.7 Å². The van der Waals surface area contributed by atoms with Crippen LogP contribution < -0.4 is 5.32 Å². The molecule has 0 aromatic rings. The van der Waals surface area contributed by atoms with Gasteiger partial charge >= 0.3 is 5.97 Å². The fourth-order valence-electron chi connectivity index (χ4n) is 3.22. The van der Waals surface area contributed by atoms with E-state index >= 15 is 0 Å². The number of carboxylic acids is 1. The summed E-state index contributed by atoms with van der Waals surface area (Å²) in [6.45, 7) is 2.89. The molecule has 0 spiro atoms. The van der Waals surface area contributed by atoms with E-state index < -0.39 is 5.97 Å². The van der Waals surface area contributed by atoms with Gasteiger partial charge in [-0.3, -0.25) is 4.79 Å². The van der Waals surface area contributed by atoms with E-state index in [-0.39, 0.29) is 11.9 Å². The second kappa shape index (κ2) is 15.0. The molecule has 0 radical (unpaired) electrons. The lowest BCUT2D eigenvalue weighted by Gasteiger charge is -2.31. The summed E-state index contributed by atoms with van der Waals surface area (Å²) in [7, 11) is 5.73. The molecule has 1 amide bonds. The maximum absolute atomic E-state index is 11.8. The first-order valence-corrected chi connectivity index (χ1v) is 10.6. The zero-order chi connectivity index (χ0) is 19.8. The quantitative estimate of drug-likeness (QED) is 0.295. The first-order valence-electron chi connectivity index (χ1n) is 10.6. The lowest BCUT2D eigenvalue weighted by molar-refractivity contribution is -0.887. The van der Waals surface area contributed by atoms with E-state index in [0.29, 0.717) is 23.9 Å². The Labute approximate surface area is 161 Å². The number of nitrogens with one attached hydrogen (secondary N) is 1. The van der Waals surface area contributed by atoms with Crippen molar-refractivity contribution in [3.8, 4) is 0 Å². The first kappa shape index (κ1) is 24.9. The number of likely N-dealkylation sites (N-methyl/N-ethyl adjacent to an activating group) is 1. The summed E-state index contributed by atoms with van der Waals surface area (Å²) in [5.74, 6) is -0.610. The Balaban J connectivity index is 3.53. The van der Waals surface area contributed by atoms with Crippen molar-refractivity contribution in [2.75, 3.05) is 27.7 Å². The Kier molecular flexibility index (Phi) is 14.4. The Morgan fingerprint density at radius 2 is 1.38 bits per heavy atom. The highest BCUT2D eigenvalue weighted by molar-refractivity contribution is 5.75. The Bertz CT molecular complexity index is 378. The zero-order valence-electron chi connectivity index (χ0n) is 17.7. The molecule has 5 nitrogen and oxygen atoms in total. The van der Waals surface area contributed by atoms with Gasteiger partial charge in [0.1, 0.15) is 0 Å². The molecule has 0 aliphatic rings. The highest BCUT2D eigenvalue weighted by Gasteiger charge is 2.30. The summed E-state index contributed by atoms with van der Waals surface area (Å²) in [6.07, 6.45) is 14.3. The summed E-state index contributed by atoms with van der Waals surface area (Å²) in [5, 5.41) is 12.2. The maximum atomic E-state index is 11.8. The number of quaternary nitrogens is 1. The number of hydrogen-bond donors (Lipinski definition) is 2. The number of amides is 1. The predicted octanol–water partition coefficient (Wildman–Crippen LogP) is 4.35. The third kappa shape index (κ3) is 14.1. The molecule has 0 rings (SSSR count). The molecule has 5 heteroatoms. The fraction of sp³-hybridized carbons (Fsp3) is 0.905. The standard InChI is InChI=1S/C21H42N2O3/c1-5-6-7-8-9-10-11-12-13-17-20(24)22-18-15-14-16-19(21(25)26)23(2,3)4/h19H,5-18H2,1-4H3,(H-,22,24,25,26)/p+1/t19-/m0/s1. The van der Waals surface area contributed by atoms with Crippen LogP contribution in [0.5, 0.6) is 0 Å². The third-order valence-electron chi connectivity index (χ3n) is 4.95. The van der Waals surface area contributed by atoms with Gasteiger partial charge in [0.05, 0.1) is 21.1 Å². The molecule has 26 heavy (non-hydrogen) atoms. The van der Waals surface area contributed by atoms with Crippen LogP contribution in [0.25, 0.3) is 0 Å². The second-order valence-corrected chi connectivity index (χ2v) is 8.39. The zero-order valence-corrected chi connectivity index (χ0v) is 17.7.